The smallest absolute Gasteiger partial charge is 0.338 e. The van der Waals surface area contributed by atoms with E-state index in [-0.39, 0.29) is 0 Å². The van der Waals surface area contributed by atoms with Gasteiger partial charge in [0.1, 0.15) is 12.4 Å². The summed E-state index contributed by atoms with van der Waals surface area (Å²) in [5.41, 5.74) is 3.75. The second kappa shape index (κ2) is 9.85. The van der Waals surface area contributed by atoms with Crippen LogP contribution in [0.15, 0.2) is 84.4 Å². The van der Waals surface area contributed by atoms with Gasteiger partial charge in [0, 0.05) is 5.02 Å². The summed E-state index contributed by atoms with van der Waals surface area (Å²) in [7, 11) is 1.36. The second-order valence-corrected chi connectivity index (χ2v) is 8.01. The number of nitrogens with one attached hydrogen (secondary N) is 2. The maximum absolute atomic E-state index is 12.8. The van der Waals surface area contributed by atoms with Gasteiger partial charge in [0.2, 0.25) is 0 Å². The number of hydrogen-bond donors (Lipinski definition) is 2. The summed E-state index contributed by atoms with van der Waals surface area (Å²) in [6.45, 7) is 0.476. The maximum atomic E-state index is 12.8. The van der Waals surface area contributed by atoms with Gasteiger partial charge >= 0.3 is 5.97 Å². The highest BCUT2D eigenvalue weighted by Gasteiger charge is 2.32. The molecular formula is C25H21ClN2O3S. The maximum Gasteiger partial charge on any atom is 0.338 e. The van der Waals surface area contributed by atoms with Crippen LogP contribution in [-0.2, 0) is 16.1 Å². The number of ether oxygens (including phenoxy) is 2. The first kappa shape index (κ1) is 21.9. The van der Waals surface area contributed by atoms with Crippen molar-refractivity contribution in [1.29, 1.82) is 0 Å². The van der Waals surface area contributed by atoms with Gasteiger partial charge in [0.15, 0.2) is 5.11 Å². The Kier molecular flexibility index (Phi) is 6.73. The summed E-state index contributed by atoms with van der Waals surface area (Å²) in [5, 5.41) is 7.30. The van der Waals surface area contributed by atoms with E-state index in [1.807, 2.05) is 66.7 Å². The molecule has 0 fully saturated rings. The third kappa shape index (κ3) is 4.93. The lowest BCUT2D eigenvalue weighted by molar-refractivity contribution is -0.136. The molecule has 32 heavy (non-hydrogen) atoms. The molecule has 0 aromatic heterocycles. The molecule has 0 saturated carbocycles. The number of methoxy groups -OCH3 is 1. The molecular weight excluding hydrogens is 444 g/mol. The molecule has 2 N–H and O–H groups in total. The highest BCUT2D eigenvalue weighted by molar-refractivity contribution is 7.80. The normalized spacial score (nSPS) is 15.6. The van der Waals surface area contributed by atoms with Crippen LogP contribution in [0.4, 0.5) is 0 Å². The molecule has 0 radical (unpaired) electrons. The third-order valence-electron chi connectivity index (χ3n) is 5.07. The molecule has 3 aromatic rings. The van der Waals surface area contributed by atoms with Crippen LogP contribution in [0.2, 0.25) is 5.02 Å². The molecule has 1 aliphatic heterocycles. The summed E-state index contributed by atoms with van der Waals surface area (Å²) < 4.78 is 11.0. The number of carbonyl (C=O) groups is 1. The van der Waals surface area contributed by atoms with Crippen LogP contribution in [0.1, 0.15) is 22.7 Å². The first-order valence-electron chi connectivity index (χ1n) is 9.98. The van der Waals surface area contributed by atoms with Gasteiger partial charge in [-0.15, -0.1) is 0 Å². The fourth-order valence-electron chi connectivity index (χ4n) is 3.49. The number of halogens is 1. The highest BCUT2D eigenvalue weighted by atomic mass is 35.5. The minimum atomic E-state index is -0.481. The van der Waals surface area contributed by atoms with E-state index >= 15 is 0 Å². The van der Waals surface area contributed by atoms with Gasteiger partial charge < -0.3 is 20.1 Å². The Morgan fingerprint density at radius 1 is 1.00 bits per heavy atom. The van der Waals surface area contributed by atoms with E-state index in [1.54, 1.807) is 12.1 Å². The van der Waals surface area contributed by atoms with Gasteiger partial charge in [0.05, 0.1) is 24.4 Å². The SMILES string of the molecule is COC(=O)C1=C(c2ccc(Cl)cc2)NC(=S)N[C@@H]1c1ccc(OCc2ccccc2)cc1. The molecule has 1 aliphatic rings. The number of benzene rings is 3. The van der Waals surface area contributed by atoms with Crippen molar-refractivity contribution in [3.05, 3.63) is 106 Å². The minimum absolute atomic E-state index is 0.414. The van der Waals surface area contributed by atoms with Crippen LogP contribution < -0.4 is 15.4 Å². The van der Waals surface area contributed by atoms with Crippen molar-refractivity contribution in [1.82, 2.24) is 10.6 Å². The van der Waals surface area contributed by atoms with Crippen molar-refractivity contribution in [2.75, 3.05) is 7.11 Å². The van der Waals surface area contributed by atoms with Crippen LogP contribution in [0.25, 0.3) is 5.70 Å². The monoisotopic (exact) mass is 464 g/mol. The zero-order valence-corrected chi connectivity index (χ0v) is 18.9. The Morgan fingerprint density at radius 2 is 1.69 bits per heavy atom. The summed E-state index contributed by atoms with van der Waals surface area (Å²) in [6.07, 6.45) is 0. The zero-order valence-electron chi connectivity index (χ0n) is 17.3. The van der Waals surface area contributed by atoms with Crippen LogP contribution in [0.3, 0.4) is 0 Å². The molecule has 0 aliphatic carbocycles. The Morgan fingerprint density at radius 3 is 2.34 bits per heavy atom. The predicted octanol–water partition coefficient (Wildman–Crippen LogP) is 5.02. The van der Waals surface area contributed by atoms with Crippen molar-refractivity contribution in [3.8, 4) is 5.75 Å². The van der Waals surface area contributed by atoms with Crippen LogP contribution >= 0.6 is 23.8 Å². The average Bonchev–Trinajstić information content (AvgIpc) is 2.83. The van der Waals surface area contributed by atoms with Crippen molar-refractivity contribution in [2.24, 2.45) is 0 Å². The van der Waals surface area contributed by atoms with Gasteiger partial charge in [0.25, 0.3) is 0 Å². The molecule has 5 nitrogen and oxygen atoms in total. The lowest BCUT2D eigenvalue weighted by Gasteiger charge is -2.31. The Labute approximate surface area is 197 Å². The van der Waals surface area contributed by atoms with Crippen LogP contribution in [0, 0.1) is 0 Å². The Balaban J connectivity index is 1.64. The number of hydrogen-bond acceptors (Lipinski definition) is 4. The second-order valence-electron chi connectivity index (χ2n) is 7.16. The van der Waals surface area contributed by atoms with E-state index in [0.29, 0.717) is 28.0 Å². The molecule has 1 atom stereocenters. The summed E-state index contributed by atoms with van der Waals surface area (Å²) in [5.74, 6) is 0.280. The lowest BCUT2D eigenvalue weighted by atomic mass is 9.93. The summed E-state index contributed by atoms with van der Waals surface area (Å²) in [6, 6.07) is 24.2. The third-order valence-corrected chi connectivity index (χ3v) is 5.54. The van der Waals surface area contributed by atoms with E-state index in [0.717, 1.165) is 22.4 Å². The molecule has 0 saturated heterocycles. The topological polar surface area (TPSA) is 59.6 Å². The van der Waals surface area contributed by atoms with Gasteiger partial charge in [-0.1, -0.05) is 66.2 Å². The molecule has 7 heteroatoms. The van der Waals surface area contributed by atoms with Gasteiger partial charge in [-0.2, -0.15) is 0 Å². The van der Waals surface area contributed by atoms with Gasteiger partial charge in [-0.05, 0) is 53.2 Å². The van der Waals surface area contributed by atoms with E-state index < -0.39 is 12.0 Å². The minimum Gasteiger partial charge on any atom is -0.489 e. The van der Waals surface area contributed by atoms with E-state index in [2.05, 4.69) is 10.6 Å². The van der Waals surface area contributed by atoms with Crippen LogP contribution in [0.5, 0.6) is 5.75 Å². The van der Waals surface area contributed by atoms with Crippen molar-refractivity contribution >= 4 is 40.6 Å². The van der Waals surface area contributed by atoms with E-state index in [9.17, 15) is 4.79 Å². The number of esters is 1. The first-order valence-corrected chi connectivity index (χ1v) is 10.8. The molecule has 0 unspecified atom stereocenters. The number of rotatable bonds is 6. The first-order chi connectivity index (χ1) is 15.5. The van der Waals surface area contributed by atoms with Gasteiger partial charge in [-0.25, -0.2) is 4.79 Å². The Hall–Kier alpha value is -3.35. The standard InChI is InChI=1S/C25H21ClN2O3S/c1-30-24(29)21-22(17-7-11-19(26)12-8-17)27-25(32)28-23(21)18-9-13-20(14-10-18)31-15-16-5-3-2-4-6-16/h2-14,23H,15H2,1H3,(H2,27,28,32)/t23-/m1/s1. The van der Waals surface area contributed by atoms with Gasteiger partial charge in [-0.3, -0.25) is 0 Å². The fraction of sp³-hybridized carbons (Fsp3) is 0.120. The zero-order chi connectivity index (χ0) is 22.5. The fourth-order valence-corrected chi connectivity index (χ4v) is 3.83. The molecule has 4 rings (SSSR count). The van der Waals surface area contributed by atoms with Crippen molar-refractivity contribution in [2.45, 2.75) is 12.6 Å². The predicted molar refractivity (Wildman–Crippen MR) is 129 cm³/mol. The van der Waals surface area contributed by atoms with Crippen molar-refractivity contribution < 1.29 is 14.3 Å². The number of thiocarbonyl (C=S) groups is 1. The van der Waals surface area contributed by atoms with E-state index in [4.69, 9.17) is 33.3 Å². The number of carbonyl (C=O) groups excluding carboxylic acids is 1. The van der Waals surface area contributed by atoms with Crippen molar-refractivity contribution in [3.63, 3.8) is 0 Å². The van der Waals surface area contributed by atoms with E-state index in [1.165, 1.54) is 7.11 Å². The largest absolute Gasteiger partial charge is 0.489 e. The molecule has 162 valence electrons. The molecule has 3 aromatic carbocycles. The summed E-state index contributed by atoms with van der Waals surface area (Å²) in [4.78, 5) is 12.8. The molecule has 1 heterocycles. The van der Waals surface area contributed by atoms with Crippen LogP contribution in [-0.4, -0.2) is 18.2 Å². The average molecular weight is 465 g/mol. The quantitative estimate of drug-likeness (QED) is 0.394. The molecule has 0 spiro atoms. The lowest BCUT2D eigenvalue weighted by Crippen LogP contribution is -2.45. The molecule has 0 amide bonds. The Bertz CT molecular complexity index is 1150. The summed E-state index contributed by atoms with van der Waals surface area (Å²) >= 11 is 11.5. The highest BCUT2D eigenvalue weighted by Crippen LogP contribution is 2.33. The molecule has 0 bridgehead atoms.